The van der Waals surface area contributed by atoms with Crippen LogP contribution in [0.3, 0.4) is 0 Å². The first-order valence-electron chi connectivity index (χ1n) is 13.1. The van der Waals surface area contributed by atoms with Gasteiger partial charge in [0.1, 0.15) is 12.6 Å². The molecule has 3 rings (SSSR count). The number of hydrogen-bond acceptors (Lipinski definition) is 4. The van der Waals surface area contributed by atoms with Crippen molar-refractivity contribution in [1.82, 2.24) is 10.2 Å². The topological polar surface area (TPSA) is 86.8 Å². The molecule has 0 aliphatic carbocycles. The van der Waals surface area contributed by atoms with E-state index in [2.05, 4.69) is 5.32 Å². The van der Waals surface area contributed by atoms with Crippen LogP contribution >= 0.6 is 11.6 Å². The second kappa shape index (κ2) is 12.4. The average Bonchev–Trinajstić information content (AvgIpc) is 2.85. The summed E-state index contributed by atoms with van der Waals surface area (Å²) in [6.45, 7) is 12.4. The summed E-state index contributed by atoms with van der Waals surface area (Å²) >= 11 is 6.17. The molecule has 1 N–H and O–H groups in total. The lowest BCUT2D eigenvalue weighted by atomic mass is 10.1. The fraction of sp³-hybridized carbons (Fsp3) is 0.355. The number of nitrogens with one attached hydrogen (secondary N) is 1. The van der Waals surface area contributed by atoms with E-state index in [0.717, 1.165) is 21.0 Å². The van der Waals surface area contributed by atoms with Crippen LogP contribution < -0.4 is 9.62 Å². The van der Waals surface area contributed by atoms with Crippen molar-refractivity contribution in [3.63, 3.8) is 0 Å². The minimum Gasteiger partial charge on any atom is -0.350 e. The molecule has 9 heteroatoms. The molecule has 0 unspecified atom stereocenters. The van der Waals surface area contributed by atoms with Crippen molar-refractivity contribution in [3.05, 3.63) is 94.0 Å². The largest absolute Gasteiger partial charge is 0.350 e. The smallest absolute Gasteiger partial charge is 0.264 e. The summed E-state index contributed by atoms with van der Waals surface area (Å²) in [6, 6.07) is 18.1. The first-order chi connectivity index (χ1) is 18.6. The Morgan fingerprint density at radius 1 is 0.925 bits per heavy atom. The molecule has 0 bridgehead atoms. The van der Waals surface area contributed by atoms with Gasteiger partial charge in [0, 0.05) is 17.1 Å². The van der Waals surface area contributed by atoms with Gasteiger partial charge in [0.25, 0.3) is 10.0 Å². The lowest BCUT2D eigenvalue weighted by Crippen LogP contribution is -2.54. The van der Waals surface area contributed by atoms with Crippen molar-refractivity contribution in [1.29, 1.82) is 0 Å². The summed E-state index contributed by atoms with van der Waals surface area (Å²) in [4.78, 5) is 28.7. The second-order valence-electron chi connectivity index (χ2n) is 11.2. The van der Waals surface area contributed by atoms with Crippen molar-refractivity contribution in [3.8, 4) is 0 Å². The van der Waals surface area contributed by atoms with Crippen molar-refractivity contribution in [2.45, 2.75) is 71.5 Å². The van der Waals surface area contributed by atoms with Gasteiger partial charge in [-0.15, -0.1) is 0 Å². The number of aryl methyl sites for hydroxylation is 3. The number of anilines is 1. The maximum absolute atomic E-state index is 14.1. The van der Waals surface area contributed by atoms with Gasteiger partial charge in [-0.05, 0) is 89.9 Å². The predicted molar refractivity (Wildman–Crippen MR) is 161 cm³/mol. The first kappa shape index (κ1) is 31.2. The third kappa shape index (κ3) is 7.86. The molecule has 0 aromatic heterocycles. The van der Waals surface area contributed by atoms with Gasteiger partial charge >= 0.3 is 0 Å². The van der Waals surface area contributed by atoms with E-state index in [1.165, 1.54) is 17.0 Å². The van der Waals surface area contributed by atoms with E-state index in [0.29, 0.717) is 16.3 Å². The van der Waals surface area contributed by atoms with E-state index >= 15 is 0 Å². The van der Waals surface area contributed by atoms with Gasteiger partial charge in [-0.3, -0.25) is 13.9 Å². The number of amides is 2. The highest BCUT2D eigenvalue weighted by Crippen LogP contribution is 2.29. The molecule has 0 saturated carbocycles. The lowest BCUT2D eigenvalue weighted by Gasteiger charge is -2.34. The summed E-state index contributed by atoms with van der Waals surface area (Å²) in [6.07, 6.45) is 0. The molecule has 0 saturated heterocycles. The minimum absolute atomic E-state index is 0.0593. The van der Waals surface area contributed by atoms with Crippen LogP contribution in [0.1, 0.15) is 49.9 Å². The van der Waals surface area contributed by atoms with E-state index in [9.17, 15) is 18.0 Å². The third-order valence-corrected chi connectivity index (χ3v) is 8.43. The van der Waals surface area contributed by atoms with Gasteiger partial charge < -0.3 is 10.2 Å². The molecule has 1 atom stereocenters. The van der Waals surface area contributed by atoms with Crippen LogP contribution in [0.25, 0.3) is 0 Å². The maximum atomic E-state index is 14.1. The van der Waals surface area contributed by atoms with Crippen LogP contribution in [-0.4, -0.2) is 43.3 Å². The van der Waals surface area contributed by atoms with E-state index in [1.807, 2.05) is 58.9 Å². The fourth-order valence-corrected chi connectivity index (χ4v) is 6.02. The van der Waals surface area contributed by atoms with Crippen LogP contribution in [0.5, 0.6) is 0 Å². The van der Waals surface area contributed by atoms with Crippen molar-refractivity contribution in [2.75, 3.05) is 10.8 Å². The fourth-order valence-electron chi connectivity index (χ4n) is 4.31. The number of halogens is 1. The number of sulfonamides is 1. The van der Waals surface area contributed by atoms with Gasteiger partial charge in [-0.25, -0.2) is 8.42 Å². The van der Waals surface area contributed by atoms with Crippen LogP contribution in [0.2, 0.25) is 5.02 Å². The summed E-state index contributed by atoms with van der Waals surface area (Å²) in [5, 5.41) is 3.39. The van der Waals surface area contributed by atoms with Crippen LogP contribution in [0.4, 0.5) is 5.69 Å². The number of carbonyl (C=O) groups is 2. The molecule has 0 radical (unpaired) electrons. The summed E-state index contributed by atoms with van der Waals surface area (Å²) in [7, 11) is -4.15. The Labute approximate surface area is 243 Å². The van der Waals surface area contributed by atoms with Crippen LogP contribution in [0.15, 0.2) is 71.6 Å². The molecule has 7 nitrogen and oxygen atoms in total. The van der Waals surface area contributed by atoms with E-state index in [4.69, 9.17) is 11.6 Å². The molecule has 2 amide bonds. The Morgan fingerprint density at radius 2 is 1.57 bits per heavy atom. The van der Waals surface area contributed by atoms with Gasteiger partial charge in [-0.1, -0.05) is 59.1 Å². The van der Waals surface area contributed by atoms with Crippen LogP contribution in [0, 0.1) is 20.8 Å². The van der Waals surface area contributed by atoms with Crippen LogP contribution in [-0.2, 0) is 26.2 Å². The SMILES string of the molecule is Cc1ccc(S(=O)(=O)N(CC(=O)N(Cc2cccc(C)c2)[C@H](C)C(=O)NC(C)(C)C)c2ccc(Cl)cc2C)cc1. The summed E-state index contributed by atoms with van der Waals surface area (Å²) in [5.74, 6) is -0.841. The maximum Gasteiger partial charge on any atom is 0.264 e. The minimum atomic E-state index is -4.15. The Hall–Kier alpha value is -3.36. The Bertz CT molecular complexity index is 1480. The summed E-state index contributed by atoms with van der Waals surface area (Å²) in [5.41, 5.74) is 3.18. The van der Waals surface area contributed by atoms with Crippen molar-refractivity contribution in [2.24, 2.45) is 0 Å². The molecular weight excluding hydrogens is 546 g/mol. The molecule has 0 spiro atoms. The second-order valence-corrected chi connectivity index (χ2v) is 13.5. The number of carbonyl (C=O) groups excluding carboxylic acids is 2. The molecule has 0 aliphatic heterocycles. The monoisotopic (exact) mass is 583 g/mol. The normalized spacial score (nSPS) is 12.5. The Morgan fingerprint density at radius 3 is 2.15 bits per heavy atom. The highest BCUT2D eigenvalue weighted by Gasteiger charge is 2.34. The first-order valence-corrected chi connectivity index (χ1v) is 14.9. The van der Waals surface area contributed by atoms with Gasteiger partial charge in [-0.2, -0.15) is 0 Å². The molecule has 3 aromatic rings. The zero-order valence-corrected chi connectivity index (χ0v) is 25.7. The average molecular weight is 584 g/mol. The zero-order chi connectivity index (χ0) is 29.8. The molecule has 0 fully saturated rings. The lowest BCUT2D eigenvalue weighted by molar-refractivity contribution is -0.140. The zero-order valence-electron chi connectivity index (χ0n) is 24.2. The number of hydrogen-bond donors (Lipinski definition) is 1. The molecule has 3 aromatic carbocycles. The molecule has 0 heterocycles. The van der Waals surface area contributed by atoms with E-state index in [-0.39, 0.29) is 17.3 Å². The van der Waals surface area contributed by atoms with E-state index in [1.54, 1.807) is 44.2 Å². The highest BCUT2D eigenvalue weighted by molar-refractivity contribution is 7.92. The number of nitrogens with zero attached hydrogens (tertiary/aromatic N) is 2. The number of rotatable bonds is 9. The molecule has 40 heavy (non-hydrogen) atoms. The summed E-state index contributed by atoms with van der Waals surface area (Å²) < 4.78 is 29.1. The predicted octanol–water partition coefficient (Wildman–Crippen LogP) is 5.79. The van der Waals surface area contributed by atoms with Gasteiger partial charge in [0.05, 0.1) is 10.6 Å². The van der Waals surface area contributed by atoms with Gasteiger partial charge in [0.15, 0.2) is 0 Å². The quantitative estimate of drug-likeness (QED) is 0.345. The highest BCUT2D eigenvalue weighted by atomic mass is 35.5. The Kier molecular flexibility index (Phi) is 9.69. The third-order valence-electron chi connectivity index (χ3n) is 6.42. The van der Waals surface area contributed by atoms with Gasteiger partial charge in [0.2, 0.25) is 11.8 Å². The molecule has 0 aliphatic rings. The van der Waals surface area contributed by atoms with E-state index < -0.39 is 34.1 Å². The molecular formula is C31H38ClN3O4S. The Balaban J connectivity index is 2.08. The van der Waals surface area contributed by atoms with Crippen molar-refractivity contribution >= 4 is 39.1 Å². The number of benzene rings is 3. The van der Waals surface area contributed by atoms with Crippen molar-refractivity contribution < 1.29 is 18.0 Å². The molecule has 214 valence electrons. The standard InChI is InChI=1S/C31H38ClN3O4S/c1-21-11-14-27(15-12-21)40(38,39)35(28-16-13-26(32)18-23(28)3)20-29(36)34(19-25-10-8-9-22(2)17-25)24(4)30(37)33-31(5,6)7/h8-18,24H,19-20H2,1-7H3,(H,33,37)/t24-/m1/s1.